The minimum atomic E-state index is 0.338. The van der Waals surface area contributed by atoms with Crippen molar-refractivity contribution in [3.05, 3.63) is 0 Å². The lowest BCUT2D eigenvalue weighted by Crippen LogP contribution is -2.32. The second kappa shape index (κ2) is 6.00. The first-order chi connectivity index (χ1) is 6.74. The molecule has 0 aromatic rings. The van der Waals surface area contributed by atoms with Gasteiger partial charge in [-0.3, -0.25) is 0 Å². The van der Waals surface area contributed by atoms with E-state index in [4.69, 9.17) is 10.00 Å². The maximum Gasteiger partial charge on any atom is 0.0638 e. The summed E-state index contributed by atoms with van der Waals surface area (Å²) in [7, 11) is 2.04. The van der Waals surface area contributed by atoms with Crippen LogP contribution >= 0.6 is 0 Å². The lowest BCUT2D eigenvalue weighted by molar-refractivity contribution is 0.0942. The predicted molar refractivity (Wildman–Crippen MR) is 55.9 cm³/mol. The fourth-order valence-electron chi connectivity index (χ4n) is 1.25. The number of likely N-dealkylation sites (N-methyl/N-ethyl adjacent to an activating group) is 1. The first kappa shape index (κ1) is 11.5. The molecule has 1 saturated carbocycles. The van der Waals surface area contributed by atoms with Crippen LogP contribution in [-0.4, -0.2) is 37.7 Å². The third-order valence-electron chi connectivity index (χ3n) is 2.78. The summed E-state index contributed by atoms with van der Waals surface area (Å²) in [5.41, 5.74) is 0. The maximum atomic E-state index is 8.53. The molecule has 1 aliphatic carbocycles. The standard InChI is InChI=1S/C11H20N2O/c1-10(5-6-12)13(2)7-8-14-9-11-3-4-11/h10-11H,3-5,7-9H2,1-2H3. The van der Waals surface area contributed by atoms with Crippen LogP contribution in [0.25, 0.3) is 0 Å². The molecule has 1 rings (SSSR count). The van der Waals surface area contributed by atoms with E-state index in [1.165, 1.54) is 12.8 Å². The van der Waals surface area contributed by atoms with Crippen molar-refractivity contribution < 1.29 is 4.74 Å². The van der Waals surface area contributed by atoms with E-state index in [-0.39, 0.29) is 0 Å². The van der Waals surface area contributed by atoms with Gasteiger partial charge in [0.2, 0.25) is 0 Å². The number of nitriles is 1. The number of rotatable bonds is 7. The molecule has 0 bridgehead atoms. The molecule has 14 heavy (non-hydrogen) atoms. The molecule has 0 aromatic heterocycles. The van der Waals surface area contributed by atoms with Gasteiger partial charge in [-0.05, 0) is 32.7 Å². The molecule has 0 spiro atoms. The van der Waals surface area contributed by atoms with Crippen LogP contribution < -0.4 is 0 Å². The Morgan fingerprint density at radius 3 is 2.86 bits per heavy atom. The second-order valence-electron chi connectivity index (χ2n) is 4.21. The van der Waals surface area contributed by atoms with Gasteiger partial charge < -0.3 is 9.64 Å². The summed E-state index contributed by atoms with van der Waals surface area (Å²) in [4.78, 5) is 2.18. The Kier molecular flexibility index (Phi) is 4.92. The van der Waals surface area contributed by atoms with E-state index in [9.17, 15) is 0 Å². The van der Waals surface area contributed by atoms with Gasteiger partial charge in [-0.15, -0.1) is 0 Å². The number of ether oxygens (including phenoxy) is 1. The topological polar surface area (TPSA) is 36.3 Å². The van der Waals surface area contributed by atoms with E-state index in [0.29, 0.717) is 12.5 Å². The van der Waals surface area contributed by atoms with Crippen LogP contribution in [0.1, 0.15) is 26.2 Å². The van der Waals surface area contributed by atoms with Crippen LogP contribution in [0.4, 0.5) is 0 Å². The minimum absolute atomic E-state index is 0.338. The van der Waals surface area contributed by atoms with Crippen molar-refractivity contribution in [2.24, 2.45) is 5.92 Å². The smallest absolute Gasteiger partial charge is 0.0638 e. The molecule has 1 fully saturated rings. The number of nitrogens with zero attached hydrogens (tertiary/aromatic N) is 2. The van der Waals surface area contributed by atoms with Gasteiger partial charge in [0.25, 0.3) is 0 Å². The SMILES string of the molecule is CC(CC#N)N(C)CCOCC1CC1. The molecule has 0 radical (unpaired) electrons. The van der Waals surface area contributed by atoms with Crippen molar-refractivity contribution in [1.29, 1.82) is 5.26 Å². The Labute approximate surface area is 86.6 Å². The Morgan fingerprint density at radius 1 is 1.57 bits per heavy atom. The molecular formula is C11H20N2O. The Hall–Kier alpha value is -0.590. The highest BCUT2D eigenvalue weighted by Gasteiger charge is 2.21. The summed E-state index contributed by atoms with van der Waals surface area (Å²) >= 11 is 0. The molecule has 1 aliphatic rings. The molecular weight excluding hydrogens is 176 g/mol. The molecule has 0 heterocycles. The Bertz CT molecular complexity index is 196. The molecule has 3 nitrogen and oxygen atoms in total. The van der Waals surface area contributed by atoms with E-state index in [2.05, 4.69) is 17.9 Å². The molecule has 0 amide bonds. The van der Waals surface area contributed by atoms with E-state index in [1.54, 1.807) is 0 Å². The van der Waals surface area contributed by atoms with Gasteiger partial charge in [-0.1, -0.05) is 0 Å². The lowest BCUT2D eigenvalue weighted by Gasteiger charge is -2.22. The van der Waals surface area contributed by atoms with E-state index >= 15 is 0 Å². The highest BCUT2D eigenvalue weighted by molar-refractivity contribution is 4.78. The normalized spacial score (nSPS) is 18.1. The first-order valence-electron chi connectivity index (χ1n) is 5.39. The molecule has 3 heteroatoms. The van der Waals surface area contributed by atoms with Crippen LogP contribution in [-0.2, 0) is 4.74 Å². The molecule has 1 atom stereocenters. The highest BCUT2D eigenvalue weighted by Crippen LogP contribution is 2.28. The van der Waals surface area contributed by atoms with E-state index in [1.807, 2.05) is 7.05 Å². The summed E-state index contributed by atoms with van der Waals surface area (Å²) < 4.78 is 5.53. The Balaban J connectivity index is 1.95. The predicted octanol–water partition coefficient (Wildman–Crippen LogP) is 1.65. The van der Waals surface area contributed by atoms with Gasteiger partial charge in [0.05, 0.1) is 19.1 Å². The van der Waals surface area contributed by atoms with Gasteiger partial charge in [-0.2, -0.15) is 5.26 Å². The zero-order chi connectivity index (χ0) is 10.4. The van der Waals surface area contributed by atoms with Gasteiger partial charge in [0.1, 0.15) is 0 Å². The summed E-state index contributed by atoms with van der Waals surface area (Å²) in [6.07, 6.45) is 3.29. The van der Waals surface area contributed by atoms with Gasteiger partial charge in [0.15, 0.2) is 0 Å². The molecule has 0 saturated heterocycles. The van der Waals surface area contributed by atoms with Gasteiger partial charge in [0, 0.05) is 19.2 Å². The third kappa shape index (κ3) is 4.59. The first-order valence-corrected chi connectivity index (χ1v) is 5.39. The van der Waals surface area contributed by atoms with Crippen LogP contribution in [0.2, 0.25) is 0 Å². The summed E-state index contributed by atoms with van der Waals surface area (Å²) in [6.45, 7) is 4.73. The molecule has 1 unspecified atom stereocenters. The Morgan fingerprint density at radius 2 is 2.29 bits per heavy atom. The van der Waals surface area contributed by atoms with Crippen molar-refractivity contribution in [3.8, 4) is 6.07 Å². The van der Waals surface area contributed by atoms with Crippen LogP contribution in [0, 0.1) is 17.2 Å². The second-order valence-corrected chi connectivity index (χ2v) is 4.21. The minimum Gasteiger partial charge on any atom is -0.380 e. The summed E-state index contributed by atoms with van der Waals surface area (Å²) in [5.74, 6) is 0.844. The molecule has 0 aliphatic heterocycles. The van der Waals surface area contributed by atoms with Crippen molar-refractivity contribution in [3.63, 3.8) is 0 Å². The van der Waals surface area contributed by atoms with Crippen LogP contribution in [0.5, 0.6) is 0 Å². The maximum absolute atomic E-state index is 8.53. The van der Waals surface area contributed by atoms with Crippen LogP contribution in [0.3, 0.4) is 0 Å². The third-order valence-corrected chi connectivity index (χ3v) is 2.78. The average Bonchev–Trinajstić information content (AvgIpc) is 2.96. The van der Waals surface area contributed by atoms with Gasteiger partial charge in [-0.25, -0.2) is 0 Å². The monoisotopic (exact) mass is 196 g/mol. The fourth-order valence-corrected chi connectivity index (χ4v) is 1.25. The largest absolute Gasteiger partial charge is 0.380 e. The quantitative estimate of drug-likeness (QED) is 0.581. The summed E-state index contributed by atoms with van der Waals surface area (Å²) in [5, 5.41) is 8.53. The molecule has 0 N–H and O–H groups in total. The summed E-state index contributed by atoms with van der Waals surface area (Å²) in [6, 6.07) is 2.52. The van der Waals surface area contributed by atoms with Crippen molar-refractivity contribution >= 4 is 0 Å². The van der Waals surface area contributed by atoms with Gasteiger partial charge >= 0.3 is 0 Å². The molecule has 0 aromatic carbocycles. The number of hydrogen-bond acceptors (Lipinski definition) is 3. The van der Waals surface area contributed by atoms with E-state index in [0.717, 1.165) is 25.7 Å². The lowest BCUT2D eigenvalue weighted by atomic mass is 10.2. The zero-order valence-electron chi connectivity index (χ0n) is 9.20. The fraction of sp³-hybridized carbons (Fsp3) is 0.909. The van der Waals surface area contributed by atoms with Crippen molar-refractivity contribution in [2.45, 2.75) is 32.2 Å². The highest BCUT2D eigenvalue weighted by atomic mass is 16.5. The van der Waals surface area contributed by atoms with Crippen molar-refractivity contribution in [2.75, 3.05) is 26.8 Å². The van der Waals surface area contributed by atoms with E-state index < -0.39 is 0 Å². The molecule has 80 valence electrons. The van der Waals surface area contributed by atoms with Crippen molar-refractivity contribution in [1.82, 2.24) is 4.90 Å². The van der Waals surface area contributed by atoms with Crippen LogP contribution in [0.15, 0.2) is 0 Å². The average molecular weight is 196 g/mol. The number of hydrogen-bond donors (Lipinski definition) is 0. The zero-order valence-corrected chi connectivity index (χ0v) is 9.20.